The molecule has 0 radical (unpaired) electrons. The highest BCUT2D eigenvalue weighted by molar-refractivity contribution is 7.47. The van der Waals surface area contributed by atoms with Gasteiger partial charge in [-0.1, -0.05) is 251 Å². The van der Waals surface area contributed by atoms with Gasteiger partial charge in [0, 0.05) is 6.42 Å². The maximum absolute atomic E-state index is 13.0. The maximum atomic E-state index is 13.0. The molecule has 0 spiro atoms. The van der Waals surface area contributed by atoms with Crippen molar-refractivity contribution in [2.45, 2.75) is 313 Å². The van der Waals surface area contributed by atoms with Crippen molar-refractivity contribution in [3.8, 4) is 0 Å². The average molecular weight is 962 g/mol. The van der Waals surface area contributed by atoms with Crippen LogP contribution in [0, 0.1) is 0 Å². The van der Waals surface area contributed by atoms with E-state index in [1.54, 1.807) is 0 Å². The molecular weight excluding hydrogens is 858 g/mol. The number of carbonyl (C=O) groups excluding carboxylic acids is 1. The Morgan fingerprint density at radius 3 is 1.15 bits per heavy atom. The van der Waals surface area contributed by atoms with Gasteiger partial charge in [-0.2, -0.15) is 0 Å². The molecule has 1 aliphatic carbocycles. The number of aliphatic hydroxyl groups is 6. The van der Waals surface area contributed by atoms with Gasteiger partial charge in [-0.25, -0.2) is 4.57 Å². The normalized spacial score (nSPS) is 21.9. The maximum Gasteiger partial charge on any atom is 0.472 e. The summed E-state index contributed by atoms with van der Waals surface area (Å²) in [5.41, 5.74) is 0. The first kappa shape index (κ1) is 63.1. The molecule has 0 aromatic rings. The van der Waals surface area contributed by atoms with Crippen LogP contribution >= 0.6 is 7.82 Å². The van der Waals surface area contributed by atoms with Crippen LogP contribution in [0.1, 0.15) is 264 Å². The summed E-state index contributed by atoms with van der Waals surface area (Å²) in [6, 6.07) is -1.11. The minimum Gasteiger partial charge on any atom is -0.387 e. The number of nitrogens with one attached hydrogen (secondary N) is 1. The third-order valence-electron chi connectivity index (χ3n) is 13.6. The Morgan fingerprint density at radius 2 is 0.803 bits per heavy atom. The minimum absolute atomic E-state index is 0.219. The summed E-state index contributed by atoms with van der Waals surface area (Å²) < 4.78 is 22.9. The van der Waals surface area contributed by atoms with Gasteiger partial charge in [0.05, 0.1) is 18.8 Å². The Kier molecular flexibility index (Phi) is 41.0. The highest BCUT2D eigenvalue weighted by Gasteiger charge is 2.51. The molecule has 1 aliphatic rings. The zero-order chi connectivity index (χ0) is 48.5. The van der Waals surface area contributed by atoms with Crippen LogP contribution in [0.3, 0.4) is 0 Å². The smallest absolute Gasteiger partial charge is 0.387 e. The predicted molar refractivity (Wildman–Crippen MR) is 269 cm³/mol. The van der Waals surface area contributed by atoms with E-state index >= 15 is 0 Å². The molecule has 8 N–H and O–H groups in total. The van der Waals surface area contributed by atoms with Crippen LogP contribution in [0.4, 0.5) is 0 Å². The number of amides is 1. The molecule has 6 unspecified atom stereocenters. The minimum atomic E-state index is -5.07. The second kappa shape index (κ2) is 42.9. The monoisotopic (exact) mass is 962 g/mol. The van der Waals surface area contributed by atoms with Gasteiger partial charge in [-0.3, -0.25) is 13.8 Å². The fourth-order valence-electron chi connectivity index (χ4n) is 9.08. The highest BCUT2D eigenvalue weighted by atomic mass is 31.2. The van der Waals surface area contributed by atoms with E-state index in [-0.39, 0.29) is 12.3 Å². The van der Waals surface area contributed by atoms with Gasteiger partial charge in [0.25, 0.3) is 0 Å². The number of phosphoric ester groups is 1. The van der Waals surface area contributed by atoms with E-state index in [4.69, 9.17) is 9.05 Å². The third kappa shape index (κ3) is 33.6. The molecule has 12 nitrogen and oxygen atoms in total. The first-order chi connectivity index (χ1) is 31.9. The average Bonchev–Trinajstić information content (AvgIpc) is 3.30. The van der Waals surface area contributed by atoms with Gasteiger partial charge in [0.1, 0.15) is 36.6 Å². The van der Waals surface area contributed by atoms with Crippen molar-refractivity contribution in [1.29, 1.82) is 0 Å². The molecule has 0 heterocycles. The molecule has 0 aliphatic heterocycles. The number of carbonyl (C=O) groups is 1. The first-order valence-corrected chi connectivity index (χ1v) is 29.1. The van der Waals surface area contributed by atoms with E-state index in [2.05, 4.69) is 19.2 Å². The number of aliphatic hydroxyl groups excluding tert-OH is 6. The number of hydrogen-bond donors (Lipinski definition) is 8. The van der Waals surface area contributed by atoms with Gasteiger partial charge >= 0.3 is 7.82 Å². The van der Waals surface area contributed by atoms with E-state index in [9.17, 15) is 44.9 Å². The van der Waals surface area contributed by atoms with Gasteiger partial charge in [0.2, 0.25) is 5.91 Å². The van der Waals surface area contributed by atoms with Gasteiger partial charge in [0.15, 0.2) is 0 Å². The van der Waals surface area contributed by atoms with E-state index in [0.29, 0.717) is 6.42 Å². The van der Waals surface area contributed by atoms with Crippen molar-refractivity contribution in [1.82, 2.24) is 5.32 Å². The summed E-state index contributed by atoms with van der Waals surface area (Å²) in [6.45, 7) is 3.83. The van der Waals surface area contributed by atoms with Crippen molar-refractivity contribution < 1.29 is 53.9 Å². The Labute approximate surface area is 403 Å². The van der Waals surface area contributed by atoms with Crippen LogP contribution in [0.15, 0.2) is 12.2 Å². The molecule has 1 rings (SSSR count). The lowest BCUT2D eigenvalue weighted by molar-refractivity contribution is -0.220. The van der Waals surface area contributed by atoms with Crippen molar-refractivity contribution in [3.05, 3.63) is 12.2 Å². The second-order valence-electron chi connectivity index (χ2n) is 19.8. The number of allylic oxidation sites excluding steroid dienone is 1. The number of hydrogen-bond acceptors (Lipinski definition) is 10. The van der Waals surface area contributed by atoms with Gasteiger partial charge in [-0.05, 0) is 19.3 Å². The molecule has 66 heavy (non-hydrogen) atoms. The Balaban J connectivity index is 2.19. The highest BCUT2D eigenvalue weighted by Crippen LogP contribution is 2.47. The number of phosphoric acid groups is 1. The molecule has 9 atom stereocenters. The summed E-state index contributed by atoms with van der Waals surface area (Å²) in [7, 11) is -5.07. The zero-order valence-corrected chi connectivity index (χ0v) is 43.2. The number of rotatable bonds is 47. The SMILES string of the molecule is CCCCCCCCC/C=C/[C@@H](O)[C@H](COP(=O)(O)OC1C(O)C(O)C(O)[C@@H](O)C1O)NC(=O)CCCCCCCCCCCCCCCCCCCCCCCCCCCCCCCC. The summed E-state index contributed by atoms with van der Waals surface area (Å²) in [5.74, 6) is -0.338. The lowest BCUT2D eigenvalue weighted by Crippen LogP contribution is -2.64. The predicted octanol–water partition coefficient (Wildman–Crippen LogP) is 12.0. The summed E-state index contributed by atoms with van der Waals surface area (Å²) in [6.07, 6.45) is 39.1. The van der Waals surface area contributed by atoms with Crippen molar-refractivity contribution >= 4 is 13.7 Å². The Morgan fingerprint density at radius 1 is 0.500 bits per heavy atom. The first-order valence-electron chi connectivity index (χ1n) is 27.6. The zero-order valence-electron chi connectivity index (χ0n) is 42.3. The topological polar surface area (TPSA) is 206 Å². The lowest BCUT2D eigenvalue weighted by Gasteiger charge is -2.41. The van der Waals surface area contributed by atoms with Crippen LogP contribution in [0.5, 0.6) is 0 Å². The fraction of sp³-hybridized carbons (Fsp3) is 0.943. The summed E-state index contributed by atoms with van der Waals surface area (Å²) >= 11 is 0. The quantitative estimate of drug-likeness (QED) is 0.0164. The van der Waals surface area contributed by atoms with Crippen LogP contribution < -0.4 is 5.32 Å². The fourth-order valence-corrected chi connectivity index (χ4v) is 10.0. The van der Waals surface area contributed by atoms with Crippen LogP contribution in [-0.4, -0.2) is 96.8 Å². The molecule has 0 aromatic carbocycles. The Bertz CT molecular complexity index is 1160. The van der Waals surface area contributed by atoms with Crippen LogP contribution in [0.2, 0.25) is 0 Å². The molecule has 392 valence electrons. The van der Waals surface area contributed by atoms with E-state index in [1.807, 2.05) is 6.08 Å². The molecule has 1 fully saturated rings. The largest absolute Gasteiger partial charge is 0.472 e. The van der Waals surface area contributed by atoms with Crippen LogP contribution in [-0.2, 0) is 18.4 Å². The molecule has 1 amide bonds. The van der Waals surface area contributed by atoms with Gasteiger partial charge < -0.3 is 40.8 Å². The molecule has 0 aromatic heterocycles. The number of unbranched alkanes of at least 4 members (excludes halogenated alkanes) is 36. The van der Waals surface area contributed by atoms with E-state index < -0.39 is 63.2 Å². The summed E-state index contributed by atoms with van der Waals surface area (Å²) in [4.78, 5) is 23.4. The lowest BCUT2D eigenvalue weighted by atomic mass is 9.85. The summed E-state index contributed by atoms with van der Waals surface area (Å²) in [5, 5.41) is 64.0. The second-order valence-corrected chi connectivity index (χ2v) is 21.2. The van der Waals surface area contributed by atoms with E-state index in [1.165, 1.54) is 199 Å². The molecule has 13 heteroatoms. The molecular formula is C53H104NO11P. The standard InChI is InChI=1S/C53H104NO11P/c1-3-5-7-9-11-13-14-15-16-17-18-19-20-21-22-23-24-25-26-27-28-29-30-31-32-33-35-37-39-41-43-47(56)54-45(46(55)42-40-38-36-34-12-10-8-6-4-2)44-64-66(62,63)65-53-51(60)49(58)48(57)50(59)52(53)61/h40,42,45-46,48-53,55,57-61H,3-39,41,43-44H2,1-2H3,(H,54,56)(H,62,63)/b42-40+/t45-,46+,48?,49+,50?,51?,52?,53?/m0/s1. The molecule has 0 saturated heterocycles. The van der Waals surface area contributed by atoms with Crippen molar-refractivity contribution in [2.24, 2.45) is 0 Å². The van der Waals surface area contributed by atoms with Crippen LogP contribution in [0.25, 0.3) is 0 Å². The van der Waals surface area contributed by atoms with Gasteiger partial charge in [-0.15, -0.1) is 0 Å². The van der Waals surface area contributed by atoms with Crippen molar-refractivity contribution in [3.63, 3.8) is 0 Å². The van der Waals surface area contributed by atoms with E-state index in [0.717, 1.165) is 44.9 Å². The Hall–Kier alpha value is -0.920. The molecule has 0 bridgehead atoms. The van der Waals surface area contributed by atoms with Crippen molar-refractivity contribution in [2.75, 3.05) is 6.61 Å². The third-order valence-corrected chi connectivity index (χ3v) is 14.6. The molecule has 1 saturated carbocycles.